The average Bonchev–Trinajstić information content (AvgIpc) is 3.17. The molecule has 6 nitrogen and oxygen atoms in total. The summed E-state index contributed by atoms with van der Waals surface area (Å²) in [4.78, 5) is 14.8. The molecule has 8 heteroatoms. The van der Waals surface area contributed by atoms with Crippen molar-refractivity contribution in [3.05, 3.63) is 53.1 Å². The number of rotatable bonds is 5. The second-order valence-electron chi connectivity index (χ2n) is 6.04. The van der Waals surface area contributed by atoms with E-state index in [1.54, 1.807) is 0 Å². The highest BCUT2D eigenvalue weighted by atomic mass is 35.5. The van der Waals surface area contributed by atoms with Gasteiger partial charge < -0.3 is 10.2 Å². The van der Waals surface area contributed by atoms with Gasteiger partial charge in [0.15, 0.2) is 0 Å². The maximum Gasteiger partial charge on any atom is 0.257 e. The number of nitrogens with zero attached hydrogens (tertiary/aromatic N) is 1. The molecule has 0 bridgehead atoms. The molecule has 0 aromatic heterocycles. The van der Waals surface area contributed by atoms with Gasteiger partial charge in [0.2, 0.25) is 10.0 Å². The van der Waals surface area contributed by atoms with E-state index in [9.17, 15) is 13.2 Å². The molecule has 1 amide bonds. The predicted octanol–water partition coefficient (Wildman–Crippen LogP) is 3.10. The van der Waals surface area contributed by atoms with Crippen LogP contribution in [-0.4, -0.2) is 34.5 Å². The lowest BCUT2D eigenvalue weighted by Gasteiger charge is -2.18. The lowest BCUT2D eigenvalue weighted by atomic mass is 10.2. The molecular weight excluding hydrogens is 374 g/mol. The van der Waals surface area contributed by atoms with Crippen LogP contribution in [0.1, 0.15) is 23.2 Å². The van der Waals surface area contributed by atoms with Crippen LogP contribution in [0.2, 0.25) is 5.02 Å². The lowest BCUT2D eigenvalue weighted by Crippen LogP contribution is -2.20. The zero-order chi connectivity index (χ0) is 18.7. The number of benzene rings is 2. The molecule has 26 heavy (non-hydrogen) atoms. The summed E-state index contributed by atoms with van der Waals surface area (Å²) in [7, 11) is -2.34. The van der Waals surface area contributed by atoms with Gasteiger partial charge >= 0.3 is 0 Å². The first-order chi connectivity index (χ1) is 12.4. The third-order valence-electron chi connectivity index (χ3n) is 4.36. The fraction of sp³-hybridized carbons (Fsp3) is 0.278. The van der Waals surface area contributed by atoms with Crippen molar-refractivity contribution in [2.24, 2.45) is 0 Å². The number of amides is 1. The summed E-state index contributed by atoms with van der Waals surface area (Å²) in [6.45, 7) is 2.10. The van der Waals surface area contributed by atoms with E-state index in [1.807, 2.05) is 24.3 Å². The summed E-state index contributed by atoms with van der Waals surface area (Å²) in [6.07, 6.45) is 2.39. The zero-order valence-electron chi connectivity index (χ0n) is 14.3. The number of halogens is 1. The second kappa shape index (κ2) is 7.65. The van der Waals surface area contributed by atoms with Gasteiger partial charge in [0, 0.05) is 24.5 Å². The first kappa shape index (κ1) is 18.7. The molecule has 1 aliphatic heterocycles. The van der Waals surface area contributed by atoms with Crippen molar-refractivity contribution >= 4 is 38.9 Å². The van der Waals surface area contributed by atoms with Crippen molar-refractivity contribution < 1.29 is 13.2 Å². The standard InChI is InChI=1S/C18H20ClN3O3S/c1-20-26(24,25)15-8-9-17(19)16(12-15)18(23)21-13-4-6-14(7-5-13)22-10-2-3-11-22/h4-9,12,20H,2-3,10-11H2,1H3,(H,21,23). The van der Waals surface area contributed by atoms with Gasteiger partial charge in [-0.25, -0.2) is 13.1 Å². The minimum Gasteiger partial charge on any atom is -0.372 e. The van der Waals surface area contributed by atoms with Crippen LogP contribution in [0.3, 0.4) is 0 Å². The molecule has 0 radical (unpaired) electrons. The number of nitrogens with one attached hydrogen (secondary N) is 2. The molecule has 1 fully saturated rings. The number of carbonyl (C=O) groups is 1. The Morgan fingerprint density at radius 1 is 1.08 bits per heavy atom. The molecular formula is C18H20ClN3O3S. The van der Waals surface area contributed by atoms with E-state index in [2.05, 4.69) is 14.9 Å². The molecule has 0 unspecified atom stereocenters. The van der Waals surface area contributed by atoms with Crippen molar-refractivity contribution in [1.29, 1.82) is 0 Å². The Bertz CT molecular complexity index is 908. The molecule has 2 N–H and O–H groups in total. The van der Waals surface area contributed by atoms with Crippen LogP contribution >= 0.6 is 11.6 Å². The van der Waals surface area contributed by atoms with Crippen LogP contribution in [0.4, 0.5) is 11.4 Å². The Hall–Kier alpha value is -2.09. The average molecular weight is 394 g/mol. The molecule has 0 saturated carbocycles. The molecule has 1 heterocycles. The predicted molar refractivity (Wildman–Crippen MR) is 104 cm³/mol. The maximum absolute atomic E-state index is 12.5. The SMILES string of the molecule is CNS(=O)(=O)c1ccc(Cl)c(C(=O)Nc2ccc(N3CCCC3)cc2)c1. The van der Waals surface area contributed by atoms with Gasteiger partial charge in [0.05, 0.1) is 15.5 Å². The Kier molecular flexibility index (Phi) is 5.50. The van der Waals surface area contributed by atoms with Crippen LogP contribution in [-0.2, 0) is 10.0 Å². The van der Waals surface area contributed by atoms with E-state index in [4.69, 9.17) is 11.6 Å². The summed E-state index contributed by atoms with van der Waals surface area (Å²) in [5, 5.41) is 2.94. The van der Waals surface area contributed by atoms with E-state index in [1.165, 1.54) is 38.1 Å². The monoisotopic (exact) mass is 393 g/mol. The maximum atomic E-state index is 12.5. The molecule has 2 aromatic carbocycles. The van der Waals surface area contributed by atoms with Gasteiger partial charge in [-0.2, -0.15) is 0 Å². The van der Waals surface area contributed by atoms with Gasteiger partial charge in [0.25, 0.3) is 5.91 Å². The van der Waals surface area contributed by atoms with E-state index >= 15 is 0 Å². The van der Waals surface area contributed by atoms with Crippen molar-refractivity contribution in [3.63, 3.8) is 0 Å². The first-order valence-corrected chi connectivity index (χ1v) is 10.2. The van der Waals surface area contributed by atoms with E-state index in [0.29, 0.717) is 5.69 Å². The minimum atomic E-state index is -3.65. The Morgan fingerprint density at radius 2 is 1.73 bits per heavy atom. The summed E-state index contributed by atoms with van der Waals surface area (Å²) >= 11 is 6.08. The van der Waals surface area contributed by atoms with Crippen LogP contribution in [0.5, 0.6) is 0 Å². The molecule has 0 spiro atoms. The van der Waals surface area contributed by atoms with Crippen LogP contribution in [0.15, 0.2) is 47.4 Å². The second-order valence-corrected chi connectivity index (χ2v) is 8.34. The van der Waals surface area contributed by atoms with E-state index < -0.39 is 15.9 Å². The van der Waals surface area contributed by atoms with Gasteiger partial charge in [0.1, 0.15) is 0 Å². The minimum absolute atomic E-state index is 0.0149. The van der Waals surface area contributed by atoms with Crippen LogP contribution < -0.4 is 14.9 Å². The van der Waals surface area contributed by atoms with Gasteiger partial charge in [-0.1, -0.05) is 11.6 Å². The molecule has 0 atom stereocenters. The quantitative estimate of drug-likeness (QED) is 0.818. The summed E-state index contributed by atoms with van der Waals surface area (Å²) in [5.74, 6) is -0.461. The van der Waals surface area contributed by atoms with Crippen molar-refractivity contribution in [2.75, 3.05) is 30.4 Å². The summed E-state index contributed by atoms with van der Waals surface area (Å²) < 4.78 is 26.1. The molecule has 0 aliphatic carbocycles. The topological polar surface area (TPSA) is 78.5 Å². The number of carbonyl (C=O) groups excluding carboxylic acids is 1. The third kappa shape index (κ3) is 4.00. The number of hydrogen-bond acceptors (Lipinski definition) is 4. The van der Waals surface area contributed by atoms with Gasteiger partial charge in [-0.05, 0) is 62.4 Å². The zero-order valence-corrected chi connectivity index (χ0v) is 15.9. The van der Waals surface area contributed by atoms with Crippen LogP contribution in [0.25, 0.3) is 0 Å². The molecule has 1 aliphatic rings. The normalized spacial score (nSPS) is 14.5. The van der Waals surface area contributed by atoms with Crippen molar-refractivity contribution in [3.8, 4) is 0 Å². The Labute approximate surface area is 158 Å². The Balaban J connectivity index is 1.78. The molecule has 138 valence electrons. The highest BCUT2D eigenvalue weighted by molar-refractivity contribution is 7.89. The lowest BCUT2D eigenvalue weighted by molar-refractivity contribution is 0.102. The van der Waals surface area contributed by atoms with E-state index in [-0.39, 0.29) is 15.5 Å². The van der Waals surface area contributed by atoms with Crippen molar-refractivity contribution in [1.82, 2.24) is 4.72 Å². The van der Waals surface area contributed by atoms with Gasteiger partial charge in [-0.15, -0.1) is 0 Å². The highest BCUT2D eigenvalue weighted by Gasteiger charge is 2.18. The number of sulfonamides is 1. The summed E-state index contributed by atoms with van der Waals surface area (Å²) in [6, 6.07) is 11.6. The third-order valence-corrected chi connectivity index (χ3v) is 6.10. The number of anilines is 2. The van der Waals surface area contributed by atoms with Crippen LogP contribution in [0, 0.1) is 0 Å². The Morgan fingerprint density at radius 3 is 2.35 bits per heavy atom. The fourth-order valence-corrected chi connectivity index (χ4v) is 3.85. The molecule has 2 aromatic rings. The molecule has 1 saturated heterocycles. The van der Waals surface area contributed by atoms with Gasteiger partial charge in [-0.3, -0.25) is 4.79 Å². The van der Waals surface area contributed by atoms with E-state index in [0.717, 1.165) is 18.8 Å². The largest absolute Gasteiger partial charge is 0.372 e. The first-order valence-electron chi connectivity index (χ1n) is 8.30. The highest BCUT2D eigenvalue weighted by Crippen LogP contribution is 2.24. The van der Waals surface area contributed by atoms with Crippen molar-refractivity contribution in [2.45, 2.75) is 17.7 Å². The smallest absolute Gasteiger partial charge is 0.257 e. The fourth-order valence-electron chi connectivity index (χ4n) is 2.89. The summed E-state index contributed by atoms with van der Waals surface area (Å²) in [5.41, 5.74) is 1.85. The number of hydrogen-bond donors (Lipinski definition) is 2. The molecule has 3 rings (SSSR count).